The number of primary sulfonamides is 2. The van der Waals surface area contributed by atoms with E-state index in [0.717, 1.165) is 21.6 Å². The van der Waals surface area contributed by atoms with Crippen LogP contribution in [-0.4, -0.2) is 16.8 Å². The molecule has 0 fully saturated rings. The van der Waals surface area contributed by atoms with E-state index in [-0.39, 0.29) is 9.79 Å². The number of rotatable bonds is 5. The van der Waals surface area contributed by atoms with E-state index in [1.54, 1.807) is 36.4 Å². The van der Waals surface area contributed by atoms with Crippen molar-refractivity contribution in [1.82, 2.24) is 0 Å². The summed E-state index contributed by atoms with van der Waals surface area (Å²) in [6.45, 7) is 0. The lowest BCUT2D eigenvalue weighted by molar-refractivity contribution is 0.594. The first-order valence-electron chi connectivity index (χ1n) is 5.78. The molecule has 0 aliphatic heterocycles. The molecule has 0 bridgehead atoms. The van der Waals surface area contributed by atoms with Crippen molar-refractivity contribution < 1.29 is 16.8 Å². The van der Waals surface area contributed by atoms with E-state index < -0.39 is 20.0 Å². The van der Waals surface area contributed by atoms with E-state index >= 15 is 0 Å². The summed E-state index contributed by atoms with van der Waals surface area (Å²) < 4.78 is 46.1. The van der Waals surface area contributed by atoms with Crippen LogP contribution in [-0.2, 0) is 20.0 Å². The molecule has 0 unspecified atom stereocenters. The number of sulfonamides is 2. The SMILES string of the molecule is NS(=O)(=O)c1ccccc1SSc1ccccc1S(N)(=O)=O. The second-order valence-electron chi connectivity index (χ2n) is 4.15. The van der Waals surface area contributed by atoms with E-state index in [9.17, 15) is 16.8 Å². The number of benzene rings is 2. The monoisotopic (exact) mass is 376 g/mol. The van der Waals surface area contributed by atoms with Crippen molar-refractivity contribution in [1.29, 1.82) is 0 Å². The maximum Gasteiger partial charge on any atom is 0.239 e. The number of hydrogen-bond acceptors (Lipinski definition) is 6. The minimum absolute atomic E-state index is 0.0133. The Kier molecular flexibility index (Phi) is 5.20. The van der Waals surface area contributed by atoms with Gasteiger partial charge in [0, 0.05) is 9.79 Å². The molecule has 0 amide bonds. The van der Waals surface area contributed by atoms with Gasteiger partial charge in [-0.3, -0.25) is 0 Å². The van der Waals surface area contributed by atoms with E-state index in [4.69, 9.17) is 10.3 Å². The fraction of sp³-hybridized carbons (Fsp3) is 0. The molecule has 6 nitrogen and oxygen atoms in total. The lowest BCUT2D eigenvalue weighted by atomic mass is 10.4. The molecule has 0 aliphatic carbocycles. The molecule has 2 aromatic rings. The molecule has 2 rings (SSSR count). The lowest BCUT2D eigenvalue weighted by Gasteiger charge is -2.08. The van der Waals surface area contributed by atoms with E-state index in [0.29, 0.717) is 9.79 Å². The molecule has 0 saturated carbocycles. The van der Waals surface area contributed by atoms with Crippen LogP contribution in [0.2, 0.25) is 0 Å². The summed E-state index contributed by atoms with van der Waals surface area (Å²) in [5.41, 5.74) is 0. The van der Waals surface area contributed by atoms with Crippen molar-refractivity contribution in [2.45, 2.75) is 19.6 Å². The maximum absolute atomic E-state index is 11.5. The predicted molar refractivity (Wildman–Crippen MR) is 87.3 cm³/mol. The largest absolute Gasteiger partial charge is 0.239 e. The van der Waals surface area contributed by atoms with Crippen molar-refractivity contribution in [3.8, 4) is 0 Å². The summed E-state index contributed by atoms with van der Waals surface area (Å²) in [5, 5.41) is 10.3. The summed E-state index contributed by atoms with van der Waals surface area (Å²) in [4.78, 5) is 0.805. The zero-order valence-corrected chi connectivity index (χ0v) is 14.3. The van der Waals surface area contributed by atoms with Gasteiger partial charge < -0.3 is 0 Å². The third-order valence-corrected chi connectivity index (χ3v) is 7.21. The van der Waals surface area contributed by atoms with Crippen LogP contribution < -0.4 is 10.3 Å². The fourth-order valence-electron chi connectivity index (χ4n) is 1.60. The van der Waals surface area contributed by atoms with Crippen LogP contribution in [0.4, 0.5) is 0 Å². The van der Waals surface area contributed by atoms with Gasteiger partial charge in [0.25, 0.3) is 0 Å². The van der Waals surface area contributed by atoms with Gasteiger partial charge in [-0.2, -0.15) is 0 Å². The van der Waals surface area contributed by atoms with Crippen molar-refractivity contribution in [2.24, 2.45) is 10.3 Å². The molecule has 0 saturated heterocycles. The Bertz CT molecular complexity index is 819. The molecule has 0 aromatic heterocycles. The van der Waals surface area contributed by atoms with Gasteiger partial charge in [0.05, 0.1) is 9.79 Å². The van der Waals surface area contributed by atoms with Gasteiger partial charge >= 0.3 is 0 Å². The smallest absolute Gasteiger partial charge is 0.225 e. The van der Waals surface area contributed by atoms with Crippen LogP contribution in [0.3, 0.4) is 0 Å². The third kappa shape index (κ3) is 4.24. The van der Waals surface area contributed by atoms with Gasteiger partial charge in [0.2, 0.25) is 20.0 Å². The van der Waals surface area contributed by atoms with Crippen LogP contribution >= 0.6 is 21.6 Å². The molecule has 10 heteroatoms. The van der Waals surface area contributed by atoms with Crippen LogP contribution in [0, 0.1) is 0 Å². The molecular formula is C12H12N2O4S4. The van der Waals surface area contributed by atoms with E-state index in [1.807, 2.05) is 0 Å². The second-order valence-corrected chi connectivity index (χ2v) is 9.42. The van der Waals surface area contributed by atoms with E-state index in [2.05, 4.69) is 0 Å². The molecule has 0 atom stereocenters. The zero-order chi connectivity index (χ0) is 16.4. The molecule has 118 valence electrons. The van der Waals surface area contributed by atoms with Crippen molar-refractivity contribution in [3.63, 3.8) is 0 Å². The topological polar surface area (TPSA) is 120 Å². The van der Waals surface area contributed by atoms with Crippen molar-refractivity contribution >= 4 is 41.6 Å². The number of nitrogens with two attached hydrogens (primary N) is 2. The van der Waals surface area contributed by atoms with Gasteiger partial charge in [-0.25, -0.2) is 27.1 Å². The Morgan fingerprint density at radius 1 is 0.636 bits per heavy atom. The Hall–Kier alpha value is -1.04. The molecular weight excluding hydrogens is 364 g/mol. The summed E-state index contributed by atoms with van der Waals surface area (Å²) in [5.74, 6) is 0. The maximum atomic E-state index is 11.5. The first kappa shape index (κ1) is 17.3. The average Bonchev–Trinajstić information content (AvgIpc) is 2.44. The average molecular weight is 377 g/mol. The van der Waals surface area contributed by atoms with E-state index in [1.165, 1.54) is 12.1 Å². The number of hydrogen-bond donors (Lipinski definition) is 2. The van der Waals surface area contributed by atoms with Crippen molar-refractivity contribution in [2.75, 3.05) is 0 Å². The summed E-state index contributed by atoms with van der Waals surface area (Å²) in [6.07, 6.45) is 0. The van der Waals surface area contributed by atoms with Crippen molar-refractivity contribution in [3.05, 3.63) is 48.5 Å². The van der Waals surface area contributed by atoms with Gasteiger partial charge in [0.1, 0.15) is 0 Å². The first-order valence-corrected chi connectivity index (χ1v) is 11.0. The highest BCUT2D eigenvalue weighted by atomic mass is 33.1. The molecule has 0 spiro atoms. The molecule has 4 N–H and O–H groups in total. The van der Waals surface area contributed by atoms with Gasteiger partial charge in [-0.05, 0) is 24.3 Å². The van der Waals surface area contributed by atoms with Crippen LogP contribution in [0.1, 0.15) is 0 Å². The van der Waals surface area contributed by atoms with Crippen LogP contribution in [0.15, 0.2) is 68.1 Å². The Labute approximate surface area is 136 Å². The summed E-state index contributed by atoms with van der Waals surface area (Å²) in [6, 6.07) is 12.4. The lowest BCUT2D eigenvalue weighted by Crippen LogP contribution is -2.13. The van der Waals surface area contributed by atoms with Gasteiger partial charge in [-0.15, -0.1) is 0 Å². The molecule has 0 radical (unpaired) electrons. The molecule has 0 heterocycles. The normalized spacial score (nSPS) is 12.3. The molecule has 0 aliphatic rings. The summed E-state index contributed by atoms with van der Waals surface area (Å²) in [7, 11) is -5.52. The predicted octanol–water partition coefficient (Wildman–Crippen LogP) is 1.78. The Morgan fingerprint density at radius 3 is 1.27 bits per heavy atom. The standard InChI is InChI=1S/C12H12N2O4S4/c13-21(15,16)11-7-3-1-5-9(11)19-20-10-6-2-4-8-12(10)22(14,17)18/h1-8H,(H2,13,15,16)(H2,14,17,18). The zero-order valence-electron chi connectivity index (χ0n) is 11.0. The Morgan fingerprint density at radius 2 is 0.955 bits per heavy atom. The minimum atomic E-state index is -3.85. The highest BCUT2D eigenvalue weighted by Gasteiger charge is 2.17. The quantitative estimate of drug-likeness (QED) is 0.767. The third-order valence-electron chi connectivity index (χ3n) is 2.53. The van der Waals surface area contributed by atoms with Gasteiger partial charge in [-0.1, -0.05) is 45.9 Å². The fourth-order valence-corrected chi connectivity index (χ4v) is 6.25. The minimum Gasteiger partial charge on any atom is -0.225 e. The Balaban J connectivity index is 2.34. The summed E-state index contributed by atoms with van der Waals surface area (Å²) >= 11 is 0. The highest BCUT2D eigenvalue weighted by Crippen LogP contribution is 2.42. The van der Waals surface area contributed by atoms with Crippen LogP contribution in [0.25, 0.3) is 0 Å². The second kappa shape index (κ2) is 6.60. The molecule has 22 heavy (non-hydrogen) atoms. The first-order chi connectivity index (χ1) is 10.2. The molecule has 2 aromatic carbocycles. The highest BCUT2D eigenvalue weighted by molar-refractivity contribution is 8.76. The van der Waals surface area contributed by atoms with Gasteiger partial charge in [0.15, 0.2) is 0 Å². The van der Waals surface area contributed by atoms with Crippen LogP contribution in [0.5, 0.6) is 0 Å².